The third-order valence-corrected chi connectivity index (χ3v) is 4.19. The number of ether oxygens (including phenoxy) is 1. The highest BCUT2D eigenvalue weighted by Gasteiger charge is 2.24. The van der Waals surface area contributed by atoms with Gasteiger partial charge in [-0.2, -0.15) is 0 Å². The van der Waals surface area contributed by atoms with Gasteiger partial charge in [0.25, 0.3) is 0 Å². The number of nitrogens with one attached hydrogen (secondary N) is 1. The van der Waals surface area contributed by atoms with Gasteiger partial charge in [0.2, 0.25) is 0 Å². The molecule has 1 atom stereocenters. The average molecular weight is 357 g/mol. The first kappa shape index (κ1) is 21.5. The molecule has 0 aromatic rings. The normalized spacial score (nSPS) is 17.2. The molecule has 1 N–H and O–H groups in total. The smallest absolute Gasteiger partial charge is 0.410 e. The second-order valence-corrected chi connectivity index (χ2v) is 8.31. The number of piperidine rings is 1. The molecule has 146 valence electrons. The molecule has 0 saturated carbocycles. The van der Waals surface area contributed by atoms with Gasteiger partial charge in [0, 0.05) is 46.8 Å². The van der Waals surface area contributed by atoms with Crippen LogP contribution in [0.5, 0.6) is 0 Å². The highest BCUT2D eigenvalue weighted by Crippen LogP contribution is 2.13. The van der Waals surface area contributed by atoms with Crippen molar-refractivity contribution in [2.75, 3.05) is 47.3 Å². The minimum absolute atomic E-state index is 0.0887. The number of amides is 3. The number of carbonyl (C=O) groups is 2. The number of rotatable bonds is 5. The lowest BCUT2D eigenvalue weighted by Gasteiger charge is -2.34. The molecule has 1 aliphatic heterocycles. The first-order chi connectivity index (χ1) is 11.5. The molecule has 0 aromatic carbocycles. The van der Waals surface area contributed by atoms with Crippen molar-refractivity contribution in [3.63, 3.8) is 0 Å². The topological polar surface area (TPSA) is 65.1 Å². The minimum atomic E-state index is -0.467. The van der Waals surface area contributed by atoms with Gasteiger partial charge in [0.15, 0.2) is 0 Å². The maximum Gasteiger partial charge on any atom is 0.410 e. The number of likely N-dealkylation sites (tertiary alicyclic amines) is 1. The molecule has 1 saturated heterocycles. The predicted molar refractivity (Wildman–Crippen MR) is 99.7 cm³/mol. The molecule has 0 aromatic heterocycles. The second kappa shape index (κ2) is 9.27. The van der Waals surface area contributed by atoms with Crippen LogP contribution in [0.15, 0.2) is 0 Å². The third kappa shape index (κ3) is 7.94. The van der Waals surface area contributed by atoms with E-state index >= 15 is 0 Å². The van der Waals surface area contributed by atoms with E-state index in [1.54, 1.807) is 30.9 Å². The van der Waals surface area contributed by atoms with Crippen molar-refractivity contribution in [1.29, 1.82) is 0 Å². The summed E-state index contributed by atoms with van der Waals surface area (Å²) in [5, 5.41) is 3.57. The molecule has 0 aliphatic carbocycles. The molecule has 7 heteroatoms. The number of hydrogen-bond acceptors (Lipinski definition) is 4. The number of carbonyl (C=O) groups excluding carboxylic acids is 2. The second-order valence-electron chi connectivity index (χ2n) is 8.31. The third-order valence-electron chi connectivity index (χ3n) is 4.19. The Morgan fingerprint density at radius 1 is 1.20 bits per heavy atom. The molecular weight excluding hydrogens is 320 g/mol. The van der Waals surface area contributed by atoms with Gasteiger partial charge < -0.3 is 24.8 Å². The van der Waals surface area contributed by atoms with E-state index in [2.05, 4.69) is 12.2 Å². The summed E-state index contributed by atoms with van der Waals surface area (Å²) >= 11 is 0. The molecule has 7 nitrogen and oxygen atoms in total. The Morgan fingerprint density at radius 3 is 2.24 bits per heavy atom. The van der Waals surface area contributed by atoms with Gasteiger partial charge in [0.05, 0.1) is 0 Å². The zero-order chi connectivity index (χ0) is 19.2. The van der Waals surface area contributed by atoms with Crippen LogP contribution in [-0.2, 0) is 4.74 Å². The van der Waals surface area contributed by atoms with Crippen molar-refractivity contribution < 1.29 is 14.3 Å². The zero-order valence-corrected chi connectivity index (χ0v) is 17.0. The summed E-state index contributed by atoms with van der Waals surface area (Å²) in [4.78, 5) is 29.1. The Hall–Kier alpha value is -1.50. The molecule has 1 heterocycles. The molecule has 1 aliphatic rings. The van der Waals surface area contributed by atoms with Crippen molar-refractivity contribution in [1.82, 2.24) is 20.0 Å². The summed E-state index contributed by atoms with van der Waals surface area (Å²) in [6.45, 7) is 10.8. The van der Waals surface area contributed by atoms with Crippen LogP contribution < -0.4 is 5.32 Å². The molecule has 1 unspecified atom stereocenters. The van der Waals surface area contributed by atoms with E-state index in [4.69, 9.17) is 4.74 Å². The fourth-order valence-corrected chi connectivity index (χ4v) is 2.87. The van der Waals surface area contributed by atoms with E-state index in [1.807, 2.05) is 25.7 Å². The van der Waals surface area contributed by atoms with E-state index in [9.17, 15) is 9.59 Å². The summed E-state index contributed by atoms with van der Waals surface area (Å²) in [5.41, 5.74) is -0.467. The molecule has 0 radical (unpaired) electrons. The van der Waals surface area contributed by atoms with Crippen LogP contribution in [0.25, 0.3) is 0 Å². The maximum atomic E-state index is 12.0. The lowest BCUT2D eigenvalue weighted by Crippen LogP contribution is -2.49. The van der Waals surface area contributed by atoms with Gasteiger partial charge in [-0.15, -0.1) is 0 Å². The molecule has 3 amide bonds. The fourth-order valence-electron chi connectivity index (χ4n) is 2.87. The van der Waals surface area contributed by atoms with Gasteiger partial charge in [0.1, 0.15) is 5.60 Å². The summed E-state index contributed by atoms with van der Waals surface area (Å²) in [5.74, 6) is 0.332. The predicted octanol–water partition coefficient (Wildman–Crippen LogP) is 2.23. The van der Waals surface area contributed by atoms with Crippen molar-refractivity contribution in [3.8, 4) is 0 Å². The SMILES string of the molecule is CC(CNC1CCN(C(=O)N(C)C)CC1)CN(C)C(=O)OC(C)(C)C. The Bertz CT molecular complexity index is 440. The van der Waals surface area contributed by atoms with Gasteiger partial charge >= 0.3 is 12.1 Å². The highest BCUT2D eigenvalue weighted by molar-refractivity contribution is 5.73. The average Bonchev–Trinajstić information content (AvgIpc) is 2.51. The van der Waals surface area contributed by atoms with E-state index in [0.717, 1.165) is 32.5 Å². The monoisotopic (exact) mass is 356 g/mol. The van der Waals surface area contributed by atoms with Crippen LogP contribution in [0.3, 0.4) is 0 Å². The van der Waals surface area contributed by atoms with E-state index in [1.165, 1.54) is 0 Å². The zero-order valence-electron chi connectivity index (χ0n) is 17.0. The highest BCUT2D eigenvalue weighted by atomic mass is 16.6. The van der Waals surface area contributed by atoms with Crippen molar-refractivity contribution in [2.45, 2.75) is 52.2 Å². The first-order valence-corrected chi connectivity index (χ1v) is 9.13. The van der Waals surface area contributed by atoms with Crippen LogP contribution in [0.1, 0.15) is 40.5 Å². The van der Waals surface area contributed by atoms with Crippen molar-refractivity contribution in [2.24, 2.45) is 5.92 Å². The minimum Gasteiger partial charge on any atom is -0.444 e. The van der Waals surface area contributed by atoms with E-state index in [0.29, 0.717) is 18.5 Å². The van der Waals surface area contributed by atoms with Gasteiger partial charge in [-0.25, -0.2) is 9.59 Å². The first-order valence-electron chi connectivity index (χ1n) is 9.13. The fraction of sp³-hybridized carbons (Fsp3) is 0.889. The Morgan fingerprint density at radius 2 is 1.76 bits per heavy atom. The van der Waals surface area contributed by atoms with Crippen LogP contribution >= 0.6 is 0 Å². The Kier molecular flexibility index (Phi) is 7.99. The Labute approximate surface area is 152 Å². The Balaban J connectivity index is 2.28. The molecule has 0 spiro atoms. The lowest BCUT2D eigenvalue weighted by atomic mass is 10.0. The van der Waals surface area contributed by atoms with Gasteiger partial charge in [-0.05, 0) is 46.1 Å². The molecular formula is C18H36N4O3. The summed E-state index contributed by atoms with van der Waals surface area (Å²) < 4.78 is 5.37. The van der Waals surface area contributed by atoms with Gasteiger partial charge in [-0.1, -0.05) is 6.92 Å². The number of urea groups is 1. The molecule has 25 heavy (non-hydrogen) atoms. The quantitative estimate of drug-likeness (QED) is 0.820. The van der Waals surface area contributed by atoms with E-state index < -0.39 is 5.60 Å². The van der Waals surface area contributed by atoms with Crippen LogP contribution in [0, 0.1) is 5.92 Å². The number of nitrogens with zero attached hydrogens (tertiary/aromatic N) is 3. The van der Waals surface area contributed by atoms with Crippen LogP contribution in [-0.4, -0.2) is 85.8 Å². The largest absolute Gasteiger partial charge is 0.444 e. The lowest BCUT2D eigenvalue weighted by molar-refractivity contribution is 0.0276. The maximum absolute atomic E-state index is 12.0. The molecule has 1 fully saturated rings. The molecule has 0 bridgehead atoms. The number of hydrogen-bond donors (Lipinski definition) is 1. The van der Waals surface area contributed by atoms with Crippen molar-refractivity contribution >= 4 is 12.1 Å². The summed E-state index contributed by atoms with van der Waals surface area (Å²) in [6, 6.07) is 0.520. The van der Waals surface area contributed by atoms with Gasteiger partial charge in [-0.3, -0.25) is 0 Å². The van der Waals surface area contributed by atoms with Crippen LogP contribution in [0.4, 0.5) is 9.59 Å². The van der Waals surface area contributed by atoms with Crippen molar-refractivity contribution in [3.05, 3.63) is 0 Å². The summed E-state index contributed by atoms with van der Waals surface area (Å²) in [6.07, 6.45) is 1.65. The van der Waals surface area contributed by atoms with Crippen LogP contribution in [0.2, 0.25) is 0 Å². The standard InChI is InChI=1S/C18H36N4O3/c1-14(13-21(7)17(24)25-18(2,3)4)12-19-15-8-10-22(11-9-15)16(23)20(5)6/h14-15,19H,8-13H2,1-7H3. The summed E-state index contributed by atoms with van der Waals surface area (Å²) in [7, 11) is 5.35. The molecule has 1 rings (SSSR count). The van der Waals surface area contributed by atoms with E-state index in [-0.39, 0.29) is 12.1 Å².